The molecule has 7 nitrogen and oxygen atoms in total. The highest BCUT2D eigenvalue weighted by Gasteiger charge is 2.23. The molecule has 1 aromatic heterocycles. The van der Waals surface area contributed by atoms with Crippen LogP contribution in [0.4, 0.5) is 4.79 Å². The Bertz CT molecular complexity index is 574. The number of aliphatic imine (C=N–C) groups is 1. The zero-order chi connectivity index (χ0) is 17.4. The number of aryl methyl sites for hydroxylation is 1. The summed E-state index contributed by atoms with van der Waals surface area (Å²) >= 11 is 0. The van der Waals surface area contributed by atoms with Crippen LogP contribution in [0, 0.1) is 6.92 Å². The molecule has 0 saturated carbocycles. The lowest BCUT2D eigenvalue weighted by Gasteiger charge is -2.35. The molecule has 8 heteroatoms. The summed E-state index contributed by atoms with van der Waals surface area (Å²) in [5.74, 6) is 0.867. The van der Waals surface area contributed by atoms with E-state index in [0.717, 1.165) is 36.9 Å². The number of carbonyl (C=O) groups excluding carboxylic acids is 1. The summed E-state index contributed by atoms with van der Waals surface area (Å²) in [7, 11) is 0. The fraction of sp³-hybridized carbons (Fsp3) is 0.588. The quantitative estimate of drug-likeness (QED) is 0.423. The van der Waals surface area contributed by atoms with Crippen molar-refractivity contribution in [3.05, 3.63) is 29.6 Å². The molecular weight excluding hydrogens is 433 g/mol. The van der Waals surface area contributed by atoms with Crippen LogP contribution < -0.4 is 5.32 Å². The number of rotatable bonds is 4. The van der Waals surface area contributed by atoms with E-state index >= 15 is 0 Å². The molecule has 25 heavy (non-hydrogen) atoms. The fourth-order valence-corrected chi connectivity index (χ4v) is 2.58. The number of nitrogens with zero attached hydrogens (tertiary/aromatic N) is 4. The average Bonchev–Trinajstić information content (AvgIpc) is 2.60. The standard InChI is InChI=1S/C17H27N5O2.HI/c1-4-18-16(20-13-15-14(3)7-6-8-19-15)21-9-11-22(12-10-21)17(23)24-5-2;/h6-8H,4-5,9-13H2,1-3H3,(H,18,20);1H. The number of halogens is 1. The van der Waals surface area contributed by atoms with Gasteiger partial charge in [0.15, 0.2) is 5.96 Å². The zero-order valence-corrected chi connectivity index (χ0v) is 17.5. The minimum atomic E-state index is -0.233. The summed E-state index contributed by atoms with van der Waals surface area (Å²) in [6, 6.07) is 3.98. The molecular formula is C17H28IN5O2. The zero-order valence-electron chi connectivity index (χ0n) is 15.2. The summed E-state index contributed by atoms with van der Waals surface area (Å²) in [5, 5.41) is 3.32. The molecule has 1 saturated heterocycles. The Balaban J connectivity index is 0.00000312. The summed E-state index contributed by atoms with van der Waals surface area (Å²) in [5.41, 5.74) is 2.13. The molecule has 2 rings (SSSR count). The van der Waals surface area contributed by atoms with Crippen LogP contribution in [0.3, 0.4) is 0 Å². The van der Waals surface area contributed by atoms with Crippen LogP contribution in [0.1, 0.15) is 25.1 Å². The lowest BCUT2D eigenvalue weighted by molar-refractivity contribution is 0.0914. The van der Waals surface area contributed by atoms with Gasteiger partial charge in [-0.3, -0.25) is 4.98 Å². The Morgan fingerprint density at radius 3 is 2.56 bits per heavy atom. The Hall–Kier alpha value is -1.58. The summed E-state index contributed by atoms with van der Waals surface area (Å²) < 4.78 is 5.06. The van der Waals surface area contributed by atoms with Gasteiger partial charge < -0.3 is 19.9 Å². The lowest BCUT2D eigenvalue weighted by atomic mass is 10.2. The molecule has 1 aromatic rings. The van der Waals surface area contributed by atoms with Crippen LogP contribution in [0.2, 0.25) is 0 Å². The van der Waals surface area contributed by atoms with Gasteiger partial charge in [0.25, 0.3) is 0 Å². The Labute approximate surface area is 166 Å². The van der Waals surface area contributed by atoms with E-state index in [0.29, 0.717) is 26.2 Å². The largest absolute Gasteiger partial charge is 0.450 e. The first-order valence-corrected chi connectivity index (χ1v) is 8.51. The van der Waals surface area contributed by atoms with Gasteiger partial charge in [-0.15, -0.1) is 24.0 Å². The average molecular weight is 461 g/mol. The predicted octanol–water partition coefficient (Wildman–Crippen LogP) is 2.25. The van der Waals surface area contributed by atoms with Gasteiger partial charge in [-0.05, 0) is 32.4 Å². The van der Waals surface area contributed by atoms with E-state index in [1.165, 1.54) is 0 Å². The van der Waals surface area contributed by atoms with Crippen molar-refractivity contribution in [2.75, 3.05) is 39.3 Å². The first-order chi connectivity index (χ1) is 11.7. The monoisotopic (exact) mass is 461 g/mol. The second kappa shape index (κ2) is 11.1. The molecule has 1 fully saturated rings. The van der Waals surface area contributed by atoms with E-state index in [9.17, 15) is 4.79 Å². The number of piperazine rings is 1. The number of guanidine groups is 1. The lowest BCUT2D eigenvalue weighted by Crippen LogP contribution is -2.53. The molecule has 0 aliphatic carbocycles. The maximum Gasteiger partial charge on any atom is 0.409 e. The fourth-order valence-electron chi connectivity index (χ4n) is 2.58. The van der Waals surface area contributed by atoms with Gasteiger partial charge in [0.1, 0.15) is 0 Å². The highest BCUT2D eigenvalue weighted by Crippen LogP contribution is 2.07. The van der Waals surface area contributed by atoms with Crippen LogP contribution in [-0.2, 0) is 11.3 Å². The molecule has 0 radical (unpaired) electrons. The van der Waals surface area contributed by atoms with Crippen molar-refractivity contribution in [2.24, 2.45) is 4.99 Å². The maximum absolute atomic E-state index is 11.8. The smallest absolute Gasteiger partial charge is 0.409 e. The van der Waals surface area contributed by atoms with Crippen molar-refractivity contribution >= 4 is 36.0 Å². The van der Waals surface area contributed by atoms with Gasteiger partial charge in [0.05, 0.1) is 18.8 Å². The summed E-state index contributed by atoms with van der Waals surface area (Å²) in [6.45, 7) is 10.5. The molecule has 1 aliphatic rings. The van der Waals surface area contributed by atoms with Crippen molar-refractivity contribution in [3.63, 3.8) is 0 Å². The van der Waals surface area contributed by atoms with Gasteiger partial charge >= 0.3 is 6.09 Å². The second-order valence-electron chi connectivity index (χ2n) is 5.61. The molecule has 1 N–H and O–H groups in total. The van der Waals surface area contributed by atoms with Gasteiger partial charge in [0, 0.05) is 38.9 Å². The molecule has 0 aromatic carbocycles. The van der Waals surface area contributed by atoms with E-state index in [1.807, 2.05) is 26.0 Å². The highest BCUT2D eigenvalue weighted by atomic mass is 127. The molecule has 0 unspecified atom stereocenters. The number of ether oxygens (including phenoxy) is 1. The molecule has 1 aliphatic heterocycles. The summed E-state index contributed by atoms with van der Waals surface area (Å²) in [4.78, 5) is 24.8. The SMILES string of the molecule is CCNC(=NCc1ncccc1C)N1CCN(C(=O)OCC)CC1.I. The van der Waals surface area contributed by atoms with Crippen molar-refractivity contribution < 1.29 is 9.53 Å². The van der Waals surface area contributed by atoms with Crippen molar-refractivity contribution in [3.8, 4) is 0 Å². The van der Waals surface area contributed by atoms with Crippen LogP contribution >= 0.6 is 24.0 Å². The molecule has 0 spiro atoms. The molecule has 0 atom stereocenters. The number of aromatic nitrogens is 1. The van der Waals surface area contributed by atoms with Crippen molar-refractivity contribution in [1.82, 2.24) is 20.1 Å². The van der Waals surface area contributed by atoms with Gasteiger partial charge in [-0.25, -0.2) is 9.79 Å². The topological polar surface area (TPSA) is 70.1 Å². The van der Waals surface area contributed by atoms with E-state index in [1.54, 1.807) is 11.1 Å². The third-order valence-electron chi connectivity index (χ3n) is 3.94. The van der Waals surface area contributed by atoms with Crippen molar-refractivity contribution in [1.29, 1.82) is 0 Å². The number of nitrogens with one attached hydrogen (secondary N) is 1. The van der Waals surface area contributed by atoms with Gasteiger partial charge in [-0.2, -0.15) is 0 Å². The third-order valence-corrected chi connectivity index (χ3v) is 3.94. The number of amides is 1. The highest BCUT2D eigenvalue weighted by molar-refractivity contribution is 14.0. The van der Waals surface area contributed by atoms with Crippen molar-refractivity contribution in [2.45, 2.75) is 27.3 Å². The Kier molecular flexibility index (Phi) is 9.54. The predicted molar refractivity (Wildman–Crippen MR) is 109 cm³/mol. The maximum atomic E-state index is 11.8. The van der Waals surface area contributed by atoms with Crippen LogP contribution in [0.5, 0.6) is 0 Å². The Morgan fingerprint density at radius 2 is 1.96 bits per heavy atom. The van der Waals surface area contributed by atoms with E-state index in [-0.39, 0.29) is 30.1 Å². The minimum absolute atomic E-state index is 0. The van der Waals surface area contributed by atoms with Crippen LogP contribution in [0.25, 0.3) is 0 Å². The summed E-state index contributed by atoms with van der Waals surface area (Å²) in [6.07, 6.45) is 1.56. The van der Waals surface area contributed by atoms with Gasteiger partial charge in [0.2, 0.25) is 0 Å². The molecule has 1 amide bonds. The first-order valence-electron chi connectivity index (χ1n) is 8.51. The number of hydrogen-bond acceptors (Lipinski definition) is 4. The van der Waals surface area contributed by atoms with Crippen LogP contribution in [0.15, 0.2) is 23.3 Å². The number of carbonyl (C=O) groups is 1. The van der Waals surface area contributed by atoms with E-state index in [2.05, 4.69) is 22.1 Å². The molecule has 2 heterocycles. The minimum Gasteiger partial charge on any atom is -0.450 e. The Morgan fingerprint density at radius 1 is 1.28 bits per heavy atom. The number of hydrogen-bond donors (Lipinski definition) is 1. The van der Waals surface area contributed by atoms with E-state index in [4.69, 9.17) is 9.73 Å². The third kappa shape index (κ3) is 6.33. The second-order valence-corrected chi connectivity index (χ2v) is 5.61. The van der Waals surface area contributed by atoms with Gasteiger partial charge in [-0.1, -0.05) is 6.07 Å². The first kappa shape index (κ1) is 21.5. The number of pyridine rings is 1. The molecule has 0 bridgehead atoms. The molecule has 140 valence electrons. The van der Waals surface area contributed by atoms with Crippen LogP contribution in [-0.4, -0.2) is 66.2 Å². The normalized spacial score (nSPS) is 14.8. The van der Waals surface area contributed by atoms with E-state index < -0.39 is 0 Å².